The predicted molar refractivity (Wildman–Crippen MR) is 67.8 cm³/mol. The number of aromatic nitrogens is 4. The van der Waals surface area contributed by atoms with Crippen LogP contribution in [0.1, 0.15) is 24.7 Å². The molecule has 0 atom stereocenters. The van der Waals surface area contributed by atoms with Gasteiger partial charge in [0.25, 0.3) is 0 Å². The molecule has 0 aliphatic carbocycles. The van der Waals surface area contributed by atoms with Gasteiger partial charge in [-0.25, -0.2) is 0 Å². The second-order valence-electron chi connectivity index (χ2n) is 3.74. The van der Waals surface area contributed by atoms with Gasteiger partial charge in [-0.2, -0.15) is 0 Å². The molecule has 6 nitrogen and oxygen atoms in total. The number of nitrogens with zero attached hydrogens (tertiary/aromatic N) is 5. The minimum absolute atomic E-state index is 0.712. The van der Waals surface area contributed by atoms with Crippen LogP contribution in [0.15, 0.2) is 29.4 Å². The number of methoxy groups -OCH3 is 1. The van der Waals surface area contributed by atoms with Crippen molar-refractivity contribution in [2.75, 3.05) is 7.11 Å². The predicted octanol–water partition coefficient (Wildman–Crippen LogP) is 1.52. The van der Waals surface area contributed by atoms with Gasteiger partial charge in [-0.05, 0) is 46.4 Å². The summed E-state index contributed by atoms with van der Waals surface area (Å²) in [6.45, 7) is 2.07. The van der Waals surface area contributed by atoms with Crippen molar-refractivity contribution in [3.05, 3.63) is 35.7 Å². The van der Waals surface area contributed by atoms with Crippen LogP contribution in [-0.4, -0.2) is 33.6 Å². The van der Waals surface area contributed by atoms with Crippen molar-refractivity contribution < 1.29 is 4.74 Å². The van der Waals surface area contributed by atoms with Crippen LogP contribution in [0.3, 0.4) is 0 Å². The van der Waals surface area contributed by atoms with E-state index in [2.05, 4.69) is 27.4 Å². The molecule has 0 aliphatic rings. The summed E-state index contributed by atoms with van der Waals surface area (Å²) in [4.78, 5) is 1.23. The van der Waals surface area contributed by atoms with Crippen LogP contribution < -0.4 is 4.74 Å². The Bertz CT molecular complexity index is 518. The summed E-state index contributed by atoms with van der Waals surface area (Å²) < 4.78 is 5.08. The number of hydrogen-bond donors (Lipinski definition) is 0. The van der Waals surface area contributed by atoms with Crippen LogP contribution in [0.4, 0.5) is 0 Å². The molecule has 0 fully saturated rings. The molecule has 0 amide bonds. The lowest BCUT2D eigenvalue weighted by Crippen LogP contribution is -1.96. The average molecular weight is 245 g/mol. The molecule has 0 aliphatic heterocycles. The molecule has 18 heavy (non-hydrogen) atoms. The molecule has 1 aromatic heterocycles. The molecule has 1 heterocycles. The van der Waals surface area contributed by atoms with Gasteiger partial charge in [0.2, 0.25) is 0 Å². The zero-order chi connectivity index (χ0) is 12.8. The first kappa shape index (κ1) is 12.2. The molecular weight excluding hydrogens is 230 g/mol. The van der Waals surface area contributed by atoms with Crippen molar-refractivity contribution in [2.45, 2.75) is 19.8 Å². The van der Waals surface area contributed by atoms with E-state index in [-0.39, 0.29) is 0 Å². The van der Waals surface area contributed by atoms with Crippen LogP contribution >= 0.6 is 0 Å². The quantitative estimate of drug-likeness (QED) is 0.749. The van der Waals surface area contributed by atoms with E-state index < -0.39 is 0 Å². The van der Waals surface area contributed by atoms with Crippen molar-refractivity contribution >= 4 is 6.21 Å². The standard InChI is InChI=1S/C12H15N5O/c1-3-4-12-14-16-17(15-12)13-9-10-5-7-11(18-2)8-6-10/h5-9H,3-4H2,1-2H3/b13-9+. The summed E-state index contributed by atoms with van der Waals surface area (Å²) in [6.07, 6.45) is 3.49. The number of benzene rings is 1. The lowest BCUT2D eigenvalue weighted by Gasteiger charge is -1.98. The molecular formula is C12H15N5O. The molecule has 0 unspecified atom stereocenters. The first-order valence-corrected chi connectivity index (χ1v) is 5.79. The lowest BCUT2D eigenvalue weighted by molar-refractivity contribution is 0.415. The largest absolute Gasteiger partial charge is 0.497 e. The minimum Gasteiger partial charge on any atom is -0.497 e. The summed E-state index contributed by atoms with van der Waals surface area (Å²) in [5.74, 6) is 1.53. The Kier molecular flexibility index (Phi) is 4.01. The third kappa shape index (κ3) is 3.13. The molecule has 1 aromatic carbocycles. The zero-order valence-corrected chi connectivity index (χ0v) is 10.4. The summed E-state index contributed by atoms with van der Waals surface area (Å²) in [5, 5.41) is 16.0. The molecule has 0 N–H and O–H groups in total. The van der Waals surface area contributed by atoms with Crippen LogP contribution in [-0.2, 0) is 6.42 Å². The molecule has 94 valence electrons. The highest BCUT2D eigenvalue weighted by Crippen LogP contribution is 2.09. The third-order valence-corrected chi connectivity index (χ3v) is 2.34. The van der Waals surface area contributed by atoms with Gasteiger partial charge in [0, 0.05) is 6.42 Å². The van der Waals surface area contributed by atoms with E-state index in [1.807, 2.05) is 24.3 Å². The van der Waals surface area contributed by atoms with Crippen molar-refractivity contribution in [3.8, 4) is 5.75 Å². The van der Waals surface area contributed by atoms with Crippen LogP contribution in [0.5, 0.6) is 5.75 Å². The first-order chi connectivity index (χ1) is 8.81. The topological polar surface area (TPSA) is 65.2 Å². The summed E-state index contributed by atoms with van der Waals surface area (Å²) >= 11 is 0. The van der Waals surface area contributed by atoms with Gasteiger partial charge in [0.15, 0.2) is 5.82 Å². The molecule has 0 radical (unpaired) electrons. The van der Waals surface area contributed by atoms with E-state index in [1.54, 1.807) is 13.3 Å². The monoisotopic (exact) mass is 245 g/mol. The van der Waals surface area contributed by atoms with Crippen molar-refractivity contribution in [3.63, 3.8) is 0 Å². The third-order valence-electron chi connectivity index (χ3n) is 2.34. The highest BCUT2D eigenvalue weighted by atomic mass is 16.5. The number of ether oxygens (including phenoxy) is 1. The minimum atomic E-state index is 0.712. The van der Waals surface area contributed by atoms with Crippen molar-refractivity contribution in [2.24, 2.45) is 5.10 Å². The van der Waals surface area contributed by atoms with E-state index in [0.717, 1.165) is 24.2 Å². The molecule has 2 rings (SSSR count). The smallest absolute Gasteiger partial charge is 0.177 e. The Morgan fingerprint density at radius 1 is 1.33 bits per heavy atom. The normalized spacial score (nSPS) is 11.0. The Hall–Kier alpha value is -2.24. The highest BCUT2D eigenvalue weighted by Gasteiger charge is 1.99. The van der Waals surface area contributed by atoms with Gasteiger partial charge < -0.3 is 4.74 Å². The van der Waals surface area contributed by atoms with Crippen LogP contribution in [0.25, 0.3) is 0 Å². The number of hydrogen-bond acceptors (Lipinski definition) is 5. The second-order valence-corrected chi connectivity index (χ2v) is 3.74. The molecule has 0 spiro atoms. The van der Waals surface area contributed by atoms with Gasteiger partial charge in [-0.3, -0.25) is 0 Å². The first-order valence-electron chi connectivity index (χ1n) is 5.79. The van der Waals surface area contributed by atoms with Crippen molar-refractivity contribution in [1.82, 2.24) is 20.3 Å². The average Bonchev–Trinajstić information content (AvgIpc) is 2.85. The van der Waals surface area contributed by atoms with Gasteiger partial charge in [-0.15, -0.1) is 15.3 Å². The second kappa shape index (κ2) is 5.90. The fraction of sp³-hybridized carbons (Fsp3) is 0.333. The maximum absolute atomic E-state index is 5.08. The fourth-order valence-corrected chi connectivity index (χ4v) is 1.42. The Morgan fingerprint density at radius 3 is 2.78 bits per heavy atom. The van der Waals surface area contributed by atoms with E-state index in [0.29, 0.717) is 5.82 Å². The number of tetrazole rings is 1. The maximum Gasteiger partial charge on any atom is 0.177 e. The van der Waals surface area contributed by atoms with Gasteiger partial charge >= 0.3 is 0 Å². The van der Waals surface area contributed by atoms with Crippen LogP contribution in [0.2, 0.25) is 0 Å². The van der Waals surface area contributed by atoms with Gasteiger partial charge in [0.05, 0.1) is 13.3 Å². The molecule has 0 saturated carbocycles. The van der Waals surface area contributed by atoms with E-state index in [1.165, 1.54) is 4.91 Å². The summed E-state index contributed by atoms with van der Waals surface area (Å²) in [5.41, 5.74) is 0.949. The molecule has 6 heteroatoms. The van der Waals surface area contributed by atoms with E-state index in [9.17, 15) is 0 Å². The fourth-order valence-electron chi connectivity index (χ4n) is 1.42. The Labute approximate surface area is 105 Å². The number of rotatable bonds is 5. The SMILES string of the molecule is CCCc1nnn(/N=C/c2ccc(OC)cc2)n1. The Balaban J connectivity index is 2.04. The molecule has 0 bridgehead atoms. The highest BCUT2D eigenvalue weighted by molar-refractivity contribution is 5.79. The molecule has 0 saturated heterocycles. The van der Waals surface area contributed by atoms with Gasteiger partial charge in [-0.1, -0.05) is 6.92 Å². The summed E-state index contributed by atoms with van der Waals surface area (Å²) in [6, 6.07) is 7.57. The van der Waals surface area contributed by atoms with Gasteiger partial charge in [0.1, 0.15) is 5.75 Å². The maximum atomic E-state index is 5.08. The molecule has 2 aromatic rings. The van der Waals surface area contributed by atoms with E-state index in [4.69, 9.17) is 4.74 Å². The summed E-state index contributed by atoms with van der Waals surface area (Å²) in [7, 11) is 1.64. The number of aryl methyl sites for hydroxylation is 1. The Morgan fingerprint density at radius 2 is 2.11 bits per heavy atom. The van der Waals surface area contributed by atoms with E-state index >= 15 is 0 Å². The zero-order valence-electron chi connectivity index (χ0n) is 10.4. The lowest BCUT2D eigenvalue weighted by atomic mass is 10.2. The van der Waals surface area contributed by atoms with Crippen LogP contribution in [0, 0.1) is 0 Å². The van der Waals surface area contributed by atoms with Crippen molar-refractivity contribution in [1.29, 1.82) is 0 Å².